The van der Waals surface area contributed by atoms with Gasteiger partial charge in [0.15, 0.2) is 0 Å². The third kappa shape index (κ3) is 3.18. The van der Waals surface area contributed by atoms with Crippen molar-refractivity contribution in [1.29, 1.82) is 0 Å². The van der Waals surface area contributed by atoms with Crippen LogP contribution in [0.15, 0.2) is 0 Å². The largest absolute Gasteiger partial charge is 0.313 e. The lowest BCUT2D eigenvalue weighted by atomic mass is 10.1. The van der Waals surface area contributed by atoms with Gasteiger partial charge in [-0.2, -0.15) is 0 Å². The smallest absolute Gasteiger partial charge is 0.0195 e. The van der Waals surface area contributed by atoms with Gasteiger partial charge in [-0.1, -0.05) is 19.8 Å². The summed E-state index contributed by atoms with van der Waals surface area (Å²) in [6.45, 7) is 6.23. The Balaban J connectivity index is 1.78. The molecule has 2 aliphatic heterocycles. The second-order valence-corrected chi connectivity index (χ2v) is 5.20. The summed E-state index contributed by atoms with van der Waals surface area (Å²) in [6.07, 6.45) is 9.84. The number of hydrogen-bond acceptors (Lipinski definition) is 2. The van der Waals surface area contributed by atoms with Crippen molar-refractivity contribution < 1.29 is 0 Å². The quantitative estimate of drug-likeness (QED) is 0.769. The van der Waals surface area contributed by atoms with Crippen LogP contribution in [0.1, 0.15) is 51.9 Å². The van der Waals surface area contributed by atoms with Gasteiger partial charge < -0.3 is 5.32 Å². The summed E-state index contributed by atoms with van der Waals surface area (Å²) < 4.78 is 0. The van der Waals surface area contributed by atoms with E-state index in [4.69, 9.17) is 0 Å². The molecule has 0 radical (unpaired) electrons. The molecule has 2 rings (SSSR count). The fourth-order valence-corrected chi connectivity index (χ4v) is 3.14. The lowest BCUT2D eigenvalue weighted by molar-refractivity contribution is 0.218. The molecular formula is C13H26N2. The van der Waals surface area contributed by atoms with Gasteiger partial charge in [-0.3, -0.25) is 4.90 Å². The Labute approximate surface area is 94.4 Å². The number of nitrogens with zero attached hydrogens (tertiary/aromatic N) is 1. The number of likely N-dealkylation sites (tertiary alicyclic amines) is 1. The first-order valence-electron chi connectivity index (χ1n) is 6.87. The minimum Gasteiger partial charge on any atom is -0.313 e. The molecule has 2 saturated heterocycles. The maximum absolute atomic E-state index is 3.71. The summed E-state index contributed by atoms with van der Waals surface area (Å²) in [5.41, 5.74) is 0. The predicted octanol–water partition coefficient (Wildman–Crippen LogP) is 2.39. The Morgan fingerprint density at radius 1 is 1.13 bits per heavy atom. The van der Waals surface area contributed by atoms with Crippen molar-refractivity contribution in [3.05, 3.63) is 0 Å². The van der Waals surface area contributed by atoms with Crippen LogP contribution in [0.5, 0.6) is 0 Å². The van der Waals surface area contributed by atoms with Gasteiger partial charge >= 0.3 is 0 Å². The van der Waals surface area contributed by atoms with Crippen molar-refractivity contribution in [1.82, 2.24) is 10.2 Å². The molecule has 2 heterocycles. The summed E-state index contributed by atoms with van der Waals surface area (Å²) in [6, 6.07) is 1.66. The van der Waals surface area contributed by atoms with E-state index in [0.29, 0.717) is 0 Å². The van der Waals surface area contributed by atoms with Crippen molar-refractivity contribution >= 4 is 0 Å². The van der Waals surface area contributed by atoms with E-state index in [1.54, 1.807) is 0 Å². The molecule has 0 bridgehead atoms. The highest BCUT2D eigenvalue weighted by Gasteiger charge is 2.25. The van der Waals surface area contributed by atoms with Crippen molar-refractivity contribution in [2.75, 3.05) is 19.6 Å². The van der Waals surface area contributed by atoms with Crippen LogP contribution >= 0.6 is 0 Å². The minimum absolute atomic E-state index is 0.777. The summed E-state index contributed by atoms with van der Waals surface area (Å²) in [5, 5.41) is 3.71. The Hall–Kier alpha value is -0.0800. The molecule has 1 N–H and O–H groups in total. The highest BCUT2D eigenvalue weighted by atomic mass is 15.2. The molecular weight excluding hydrogens is 184 g/mol. The highest BCUT2D eigenvalue weighted by Crippen LogP contribution is 2.21. The molecule has 2 atom stereocenters. The second kappa shape index (κ2) is 5.86. The van der Waals surface area contributed by atoms with E-state index in [0.717, 1.165) is 12.1 Å². The van der Waals surface area contributed by atoms with E-state index in [1.165, 1.54) is 64.6 Å². The normalized spacial score (nSPS) is 34.2. The third-order valence-corrected chi connectivity index (χ3v) is 4.09. The predicted molar refractivity (Wildman–Crippen MR) is 65.1 cm³/mol. The zero-order chi connectivity index (χ0) is 10.5. The van der Waals surface area contributed by atoms with Gasteiger partial charge in [-0.25, -0.2) is 0 Å². The molecule has 88 valence electrons. The van der Waals surface area contributed by atoms with Crippen LogP contribution in [0.3, 0.4) is 0 Å². The maximum Gasteiger partial charge on any atom is 0.0195 e. The van der Waals surface area contributed by atoms with Crippen molar-refractivity contribution in [2.45, 2.75) is 64.0 Å². The zero-order valence-corrected chi connectivity index (χ0v) is 10.2. The Morgan fingerprint density at radius 2 is 2.07 bits per heavy atom. The van der Waals surface area contributed by atoms with Gasteiger partial charge in [0.25, 0.3) is 0 Å². The molecule has 2 nitrogen and oxygen atoms in total. The fourth-order valence-electron chi connectivity index (χ4n) is 3.14. The lowest BCUT2D eigenvalue weighted by Gasteiger charge is -2.28. The number of nitrogens with one attached hydrogen (secondary N) is 1. The fraction of sp³-hybridized carbons (Fsp3) is 1.00. The molecule has 0 aliphatic carbocycles. The van der Waals surface area contributed by atoms with Crippen LogP contribution in [-0.2, 0) is 0 Å². The van der Waals surface area contributed by atoms with Crippen LogP contribution in [0, 0.1) is 0 Å². The Morgan fingerprint density at radius 3 is 2.93 bits per heavy atom. The zero-order valence-electron chi connectivity index (χ0n) is 10.2. The van der Waals surface area contributed by atoms with Crippen molar-refractivity contribution in [3.8, 4) is 0 Å². The average molecular weight is 210 g/mol. The lowest BCUT2D eigenvalue weighted by Crippen LogP contribution is -2.42. The SMILES string of the molecule is CCC1CCCN1CC1CCCCCN1. The number of rotatable bonds is 3. The first-order chi connectivity index (χ1) is 7.40. The van der Waals surface area contributed by atoms with Gasteiger partial charge in [0, 0.05) is 18.6 Å². The standard InChI is InChI=1S/C13H26N2/c1-2-13-8-6-10-15(13)11-12-7-4-3-5-9-14-12/h12-14H,2-11H2,1H3. The molecule has 0 aromatic rings. The minimum atomic E-state index is 0.777. The average Bonchev–Trinajstić information content (AvgIpc) is 2.53. The summed E-state index contributed by atoms with van der Waals surface area (Å²) in [7, 11) is 0. The highest BCUT2D eigenvalue weighted by molar-refractivity contribution is 4.83. The first kappa shape index (κ1) is 11.4. The van der Waals surface area contributed by atoms with Crippen LogP contribution in [0.4, 0.5) is 0 Å². The van der Waals surface area contributed by atoms with E-state index in [-0.39, 0.29) is 0 Å². The molecule has 0 aromatic carbocycles. The van der Waals surface area contributed by atoms with Gasteiger partial charge in [0.2, 0.25) is 0 Å². The van der Waals surface area contributed by atoms with E-state index in [1.807, 2.05) is 0 Å². The number of hydrogen-bond donors (Lipinski definition) is 1. The van der Waals surface area contributed by atoms with Crippen LogP contribution in [-0.4, -0.2) is 36.6 Å². The van der Waals surface area contributed by atoms with E-state index in [2.05, 4.69) is 17.1 Å². The van der Waals surface area contributed by atoms with Crippen molar-refractivity contribution in [3.63, 3.8) is 0 Å². The Bertz CT molecular complexity index is 173. The van der Waals surface area contributed by atoms with Gasteiger partial charge in [-0.15, -0.1) is 0 Å². The third-order valence-electron chi connectivity index (χ3n) is 4.09. The van der Waals surface area contributed by atoms with E-state index in [9.17, 15) is 0 Å². The van der Waals surface area contributed by atoms with Crippen LogP contribution in [0.25, 0.3) is 0 Å². The molecule has 2 unspecified atom stereocenters. The topological polar surface area (TPSA) is 15.3 Å². The van der Waals surface area contributed by atoms with Crippen LogP contribution < -0.4 is 5.32 Å². The van der Waals surface area contributed by atoms with Crippen LogP contribution in [0.2, 0.25) is 0 Å². The molecule has 0 saturated carbocycles. The van der Waals surface area contributed by atoms with E-state index < -0.39 is 0 Å². The molecule has 0 spiro atoms. The van der Waals surface area contributed by atoms with Gasteiger partial charge in [0.1, 0.15) is 0 Å². The molecule has 15 heavy (non-hydrogen) atoms. The second-order valence-electron chi connectivity index (χ2n) is 5.20. The van der Waals surface area contributed by atoms with Crippen molar-refractivity contribution in [2.24, 2.45) is 0 Å². The summed E-state index contributed by atoms with van der Waals surface area (Å²) in [4.78, 5) is 2.73. The van der Waals surface area contributed by atoms with Gasteiger partial charge in [0.05, 0.1) is 0 Å². The molecule has 0 aromatic heterocycles. The molecule has 2 fully saturated rings. The molecule has 0 amide bonds. The molecule has 2 aliphatic rings. The van der Waals surface area contributed by atoms with E-state index >= 15 is 0 Å². The maximum atomic E-state index is 3.71. The van der Waals surface area contributed by atoms with Gasteiger partial charge in [-0.05, 0) is 45.2 Å². The Kier molecular flexibility index (Phi) is 4.45. The molecule has 2 heteroatoms. The summed E-state index contributed by atoms with van der Waals surface area (Å²) >= 11 is 0. The monoisotopic (exact) mass is 210 g/mol. The first-order valence-corrected chi connectivity index (χ1v) is 6.87. The summed E-state index contributed by atoms with van der Waals surface area (Å²) in [5.74, 6) is 0.